The average molecular weight is 324 g/mol. The van der Waals surface area contributed by atoms with E-state index in [-0.39, 0.29) is 10.1 Å². The summed E-state index contributed by atoms with van der Waals surface area (Å²) < 4.78 is 22.4. The van der Waals surface area contributed by atoms with E-state index in [1.54, 1.807) is 6.07 Å². The monoisotopic (exact) mass is 324 g/mol. The van der Waals surface area contributed by atoms with Gasteiger partial charge in [0.15, 0.2) is 0 Å². The summed E-state index contributed by atoms with van der Waals surface area (Å²) in [7, 11) is -3.67. The Bertz CT molecular complexity index is 734. The van der Waals surface area contributed by atoms with Gasteiger partial charge in [-0.2, -0.15) is 0 Å². The van der Waals surface area contributed by atoms with Gasteiger partial charge in [0.2, 0.25) is 15.9 Å². The van der Waals surface area contributed by atoms with Gasteiger partial charge in [0.1, 0.15) is 4.21 Å². The van der Waals surface area contributed by atoms with Gasteiger partial charge in [-0.15, -0.1) is 11.3 Å². The van der Waals surface area contributed by atoms with Crippen LogP contribution in [0.25, 0.3) is 0 Å². The zero-order valence-corrected chi connectivity index (χ0v) is 13.1. The quantitative estimate of drug-likeness (QED) is 0.874. The molecule has 1 aromatic carbocycles. The Kier molecular flexibility index (Phi) is 4.76. The van der Waals surface area contributed by atoms with Gasteiger partial charge >= 0.3 is 0 Å². The highest BCUT2D eigenvalue weighted by atomic mass is 32.2. The molecule has 0 radical (unpaired) electrons. The lowest BCUT2D eigenvalue weighted by Crippen LogP contribution is -2.24. The normalized spacial score (nSPS) is 11.3. The average Bonchev–Trinajstić information content (AvgIpc) is 2.88. The number of carbonyl (C=O) groups excluding carboxylic acids is 1. The number of hydrogen-bond donors (Lipinski definition) is 2. The fraction of sp³-hybridized carbons (Fsp3) is 0.214. The van der Waals surface area contributed by atoms with Crippen molar-refractivity contribution in [2.75, 3.05) is 0 Å². The smallest absolute Gasteiger partial charge is 0.247 e. The van der Waals surface area contributed by atoms with E-state index >= 15 is 0 Å². The van der Waals surface area contributed by atoms with Gasteiger partial charge in [0.05, 0.1) is 13.0 Å². The van der Waals surface area contributed by atoms with Crippen LogP contribution in [0.4, 0.5) is 0 Å². The van der Waals surface area contributed by atoms with E-state index in [0.717, 1.165) is 27.3 Å². The van der Waals surface area contributed by atoms with Crippen LogP contribution < -0.4 is 10.5 Å². The minimum absolute atomic E-state index is 0.102. The molecule has 0 saturated heterocycles. The first kappa shape index (κ1) is 15.7. The molecule has 0 unspecified atom stereocenters. The molecule has 2 rings (SSSR count). The molecular formula is C14H16N2O3S2. The zero-order valence-electron chi connectivity index (χ0n) is 11.5. The maximum atomic E-state index is 11.8. The third-order valence-electron chi connectivity index (χ3n) is 2.86. The molecular weight excluding hydrogens is 308 g/mol. The number of amides is 1. The van der Waals surface area contributed by atoms with Gasteiger partial charge in [-0.25, -0.2) is 13.6 Å². The number of nitrogens with two attached hydrogens (primary N) is 1. The summed E-state index contributed by atoms with van der Waals surface area (Å²) in [6.07, 6.45) is 0.299. The first-order chi connectivity index (χ1) is 9.84. The van der Waals surface area contributed by atoms with Crippen molar-refractivity contribution in [1.82, 2.24) is 5.32 Å². The lowest BCUT2D eigenvalue weighted by molar-refractivity contribution is -0.120. The van der Waals surface area contributed by atoms with E-state index in [2.05, 4.69) is 5.32 Å². The van der Waals surface area contributed by atoms with Crippen molar-refractivity contribution in [3.63, 3.8) is 0 Å². The minimum atomic E-state index is -3.67. The highest BCUT2D eigenvalue weighted by Gasteiger charge is 2.11. The molecule has 0 fully saturated rings. The van der Waals surface area contributed by atoms with Crippen LogP contribution >= 0.6 is 11.3 Å². The zero-order chi connectivity index (χ0) is 15.5. The highest BCUT2D eigenvalue weighted by Crippen LogP contribution is 2.19. The van der Waals surface area contributed by atoms with Crippen molar-refractivity contribution < 1.29 is 13.2 Å². The molecule has 1 aromatic heterocycles. The standard InChI is InChI=1S/C14H16N2O3S2/c1-10-2-4-11(5-3-10)8-13(17)16-9-12-6-7-14(20-12)21(15,18)19/h2-7H,8-9H2,1H3,(H,16,17)(H2,15,18,19). The maximum Gasteiger partial charge on any atom is 0.247 e. The van der Waals surface area contributed by atoms with Gasteiger partial charge in [-0.05, 0) is 24.6 Å². The van der Waals surface area contributed by atoms with Gasteiger partial charge in [0, 0.05) is 4.88 Å². The first-order valence-electron chi connectivity index (χ1n) is 6.28. The first-order valence-corrected chi connectivity index (χ1v) is 8.64. The third-order valence-corrected chi connectivity index (χ3v) is 5.39. The predicted molar refractivity (Wildman–Crippen MR) is 82.4 cm³/mol. The van der Waals surface area contributed by atoms with E-state index < -0.39 is 10.0 Å². The van der Waals surface area contributed by atoms with Gasteiger partial charge in [-0.1, -0.05) is 29.8 Å². The molecule has 0 saturated carbocycles. The molecule has 1 heterocycles. The molecule has 0 bridgehead atoms. The summed E-state index contributed by atoms with van der Waals surface area (Å²) in [6, 6.07) is 10.8. The Morgan fingerprint density at radius 1 is 1.19 bits per heavy atom. The second-order valence-corrected chi connectivity index (χ2v) is 7.66. The minimum Gasteiger partial charge on any atom is -0.351 e. The van der Waals surface area contributed by atoms with E-state index in [1.165, 1.54) is 6.07 Å². The molecule has 5 nitrogen and oxygen atoms in total. The largest absolute Gasteiger partial charge is 0.351 e. The molecule has 0 aliphatic carbocycles. The summed E-state index contributed by atoms with van der Waals surface area (Å²) in [5, 5.41) is 7.80. The second-order valence-electron chi connectivity index (χ2n) is 4.70. The van der Waals surface area contributed by atoms with Crippen LogP contribution in [0.5, 0.6) is 0 Å². The molecule has 0 atom stereocenters. The van der Waals surface area contributed by atoms with E-state index in [4.69, 9.17) is 5.14 Å². The van der Waals surface area contributed by atoms with Crippen LogP contribution in [0.1, 0.15) is 16.0 Å². The number of benzene rings is 1. The lowest BCUT2D eigenvalue weighted by atomic mass is 10.1. The Morgan fingerprint density at radius 3 is 2.43 bits per heavy atom. The third kappa shape index (κ3) is 4.66. The molecule has 1 amide bonds. The highest BCUT2D eigenvalue weighted by molar-refractivity contribution is 7.91. The number of aryl methyl sites for hydroxylation is 1. The number of nitrogens with one attached hydrogen (secondary N) is 1. The van der Waals surface area contributed by atoms with Crippen molar-refractivity contribution >= 4 is 27.3 Å². The van der Waals surface area contributed by atoms with Crippen LogP contribution in [0.2, 0.25) is 0 Å². The van der Waals surface area contributed by atoms with Crippen LogP contribution in [0.3, 0.4) is 0 Å². The van der Waals surface area contributed by atoms with E-state index in [0.29, 0.717) is 13.0 Å². The summed E-state index contributed by atoms with van der Waals surface area (Å²) in [5.41, 5.74) is 2.09. The molecule has 0 spiro atoms. The number of hydrogen-bond acceptors (Lipinski definition) is 4. The number of carbonyl (C=O) groups is 1. The fourth-order valence-corrected chi connectivity index (χ4v) is 3.46. The number of sulfonamides is 1. The Labute approximate surface area is 127 Å². The topological polar surface area (TPSA) is 89.3 Å². The van der Waals surface area contributed by atoms with Crippen molar-refractivity contribution in [2.24, 2.45) is 5.14 Å². The fourth-order valence-electron chi connectivity index (χ4n) is 1.75. The Balaban J connectivity index is 1.89. The molecule has 112 valence electrons. The van der Waals surface area contributed by atoms with Gasteiger partial charge in [-0.3, -0.25) is 4.79 Å². The van der Waals surface area contributed by atoms with Crippen molar-refractivity contribution in [3.8, 4) is 0 Å². The van der Waals surface area contributed by atoms with E-state index in [9.17, 15) is 13.2 Å². The van der Waals surface area contributed by atoms with Crippen LogP contribution in [-0.4, -0.2) is 14.3 Å². The lowest BCUT2D eigenvalue weighted by Gasteiger charge is -2.04. The number of rotatable bonds is 5. The molecule has 7 heteroatoms. The van der Waals surface area contributed by atoms with E-state index in [1.807, 2.05) is 31.2 Å². The number of thiophene rings is 1. The summed E-state index contributed by atoms with van der Waals surface area (Å²) in [6.45, 7) is 2.29. The molecule has 0 aliphatic rings. The second kappa shape index (κ2) is 6.38. The molecule has 3 N–H and O–H groups in total. The predicted octanol–water partition coefficient (Wildman–Crippen LogP) is 1.56. The summed E-state index contributed by atoms with van der Waals surface area (Å²) in [5.74, 6) is -0.107. The molecule has 2 aromatic rings. The molecule has 21 heavy (non-hydrogen) atoms. The van der Waals surface area contributed by atoms with Crippen molar-refractivity contribution in [3.05, 3.63) is 52.4 Å². The van der Waals surface area contributed by atoms with Crippen LogP contribution in [0.15, 0.2) is 40.6 Å². The van der Waals surface area contributed by atoms with Gasteiger partial charge < -0.3 is 5.32 Å². The Hall–Kier alpha value is -1.70. The molecule has 0 aliphatic heterocycles. The number of primary sulfonamides is 1. The summed E-state index contributed by atoms with van der Waals surface area (Å²) in [4.78, 5) is 12.6. The summed E-state index contributed by atoms with van der Waals surface area (Å²) >= 11 is 1.06. The van der Waals surface area contributed by atoms with Crippen molar-refractivity contribution in [1.29, 1.82) is 0 Å². The van der Waals surface area contributed by atoms with Crippen molar-refractivity contribution in [2.45, 2.75) is 24.1 Å². The van der Waals surface area contributed by atoms with Gasteiger partial charge in [0.25, 0.3) is 0 Å². The maximum absolute atomic E-state index is 11.8. The van der Waals surface area contributed by atoms with Crippen LogP contribution in [0, 0.1) is 6.92 Å². The van der Waals surface area contributed by atoms with Crippen LogP contribution in [-0.2, 0) is 27.8 Å². The SMILES string of the molecule is Cc1ccc(CC(=O)NCc2ccc(S(N)(=O)=O)s2)cc1. The Morgan fingerprint density at radius 2 is 1.86 bits per heavy atom.